The van der Waals surface area contributed by atoms with E-state index >= 15 is 0 Å². The third-order valence-corrected chi connectivity index (χ3v) is 5.25. The first kappa shape index (κ1) is 24.7. The van der Waals surface area contributed by atoms with E-state index < -0.39 is 0 Å². The zero-order valence-electron chi connectivity index (χ0n) is 19.5. The van der Waals surface area contributed by atoms with Crippen molar-refractivity contribution in [2.75, 3.05) is 22.5 Å². The standard InChI is InChI=1S/C25H25ClN8O2/c1-17(35)31-21-7-5-18(6-8-21)13-29-24(36)15-28-22-12-23(34-10-9-27-16-34)33-25(32-22)30-14-19-3-2-4-20(26)11-19/h2-12,16H,13-15H2,1H3,(H,29,36)(H,31,35)(H2,28,30,32,33). The molecular weight excluding hydrogens is 480 g/mol. The summed E-state index contributed by atoms with van der Waals surface area (Å²) >= 11 is 6.07. The summed E-state index contributed by atoms with van der Waals surface area (Å²) in [5.41, 5.74) is 2.60. The summed E-state index contributed by atoms with van der Waals surface area (Å²) in [6.07, 6.45) is 5.07. The molecule has 2 heterocycles. The normalized spacial score (nSPS) is 10.5. The van der Waals surface area contributed by atoms with Crippen molar-refractivity contribution in [1.29, 1.82) is 0 Å². The molecule has 36 heavy (non-hydrogen) atoms. The predicted molar refractivity (Wildman–Crippen MR) is 139 cm³/mol. The van der Waals surface area contributed by atoms with Gasteiger partial charge in [0.2, 0.25) is 17.8 Å². The second-order valence-electron chi connectivity index (χ2n) is 7.90. The summed E-state index contributed by atoms with van der Waals surface area (Å²) in [5, 5.41) is 12.5. The summed E-state index contributed by atoms with van der Waals surface area (Å²) in [5.74, 6) is 1.14. The molecule has 0 aliphatic carbocycles. The summed E-state index contributed by atoms with van der Waals surface area (Å²) in [4.78, 5) is 36.7. The minimum absolute atomic E-state index is 0.0259. The number of carbonyl (C=O) groups excluding carboxylic acids is 2. The molecule has 0 aliphatic rings. The minimum atomic E-state index is -0.197. The maximum Gasteiger partial charge on any atom is 0.239 e. The fourth-order valence-corrected chi connectivity index (χ4v) is 3.52. The number of benzene rings is 2. The monoisotopic (exact) mass is 504 g/mol. The number of amides is 2. The molecule has 0 bridgehead atoms. The Morgan fingerprint density at radius 1 is 0.972 bits per heavy atom. The molecule has 2 aromatic heterocycles. The van der Waals surface area contributed by atoms with E-state index in [1.807, 2.05) is 36.4 Å². The largest absolute Gasteiger partial charge is 0.361 e. The third kappa shape index (κ3) is 7.28. The molecule has 0 spiro atoms. The number of aromatic nitrogens is 4. The van der Waals surface area contributed by atoms with Gasteiger partial charge in [0.1, 0.15) is 18.0 Å². The molecule has 0 radical (unpaired) electrons. The van der Waals surface area contributed by atoms with Gasteiger partial charge >= 0.3 is 0 Å². The van der Waals surface area contributed by atoms with Crippen LogP contribution in [0.25, 0.3) is 5.82 Å². The Kier molecular flexibility index (Phi) is 8.09. The molecule has 11 heteroatoms. The highest BCUT2D eigenvalue weighted by Crippen LogP contribution is 2.16. The van der Waals surface area contributed by atoms with Crippen LogP contribution in [-0.2, 0) is 22.7 Å². The van der Waals surface area contributed by atoms with Gasteiger partial charge in [-0.25, -0.2) is 4.98 Å². The smallest absolute Gasteiger partial charge is 0.239 e. The van der Waals surface area contributed by atoms with Crippen LogP contribution < -0.4 is 21.3 Å². The maximum absolute atomic E-state index is 12.4. The van der Waals surface area contributed by atoms with Crippen LogP contribution in [-0.4, -0.2) is 37.9 Å². The number of rotatable bonds is 10. The van der Waals surface area contributed by atoms with E-state index in [-0.39, 0.29) is 18.4 Å². The van der Waals surface area contributed by atoms with Crippen LogP contribution in [0, 0.1) is 0 Å². The van der Waals surface area contributed by atoms with Crippen LogP contribution in [0.5, 0.6) is 0 Å². The SMILES string of the molecule is CC(=O)Nc1ccc(CNC(=O)CNc2cc(-n3ccnc3)nc(NCc3cccc(Cl)c3)n2)cc1. The van der Waals surface area contributed by atoms with Crippen LogP contribution in [0.4, 0.5) is 17.5 Å². The second-order valence-corrected chi connectivity index (χ2v) is 8.33. The van der Waals surface area contributed by atoms with Gasteiger partial charge in [0.15, 0.2) is 0 Å². The molecule has 0 saturated carbocycles. The molecule has 184 valence electrons. The Morgan fingerprint density at radius 2 is 1.81 bits per heavy atom. The maximum atomic E-state index is 12.4. The number of carbonyl (C=O) groups is 2. The van der Waals surface area contributed by atoms with Gasteiger partial charge in [-0.15, -0.1) is 0 Å². The molecule has 0 unspecified atom stereocenters. The zero-order chi connectivity index (χ0) is 25.3. The highest BCUT2D eigenvalue weighted by molar-refractivity contribution is 6.30. The van der Waals surface area contributed by atoms with Crippen molar-refractivity contribution in [2.24, 2.45) is 0 Å². The highest BCUT2D eigenvalue weighted by atomic mass is 35.5. The van der Waals surface area contributed by atoms with E-state index in [1.165, 1.54) is 6.92 Å². The van der Waals surface area contributed by atoms with Crippen LogP contribution in [0.2, 0.25) is 5.02 Å². The van der Waals surface area contributed by atoms with Gasteiger partial charge < -0.3 is 21.3 Å². The van der Waals surface area contributed by atoms with E-state index in [2.05, 4.69) is 36.2 Å². The van der Waals surface area contributed by atoms with Crippen molar-refractivity contribution < 1.29 is 9.59 Å². The van der Waals surface area contributed by atoms with Crippen molar-refractivity contribution >= 4 is 40.9 Å². The molecule has 10 nitrogen and oxygen atoms in total. The minimum Gasteiger partial charge on any atom is -0.361 e. The van der Waals surface area contributed by atoms with Crippen LogP contribution in [0.15, 0.2) is 73.3 Å². The number of halogens is 1. The molecule has 2 amide bonds. The molecule has 0 fully saturated rings. The first-order chi connectivity index (χ1) is 17.4. The van der Waals surface area contributed by atoms with E-state index in [4.69, 9.17) is 11.6 Å². The lowest BCUT2D eigenvalue weighted by Gasteiger charge is -2.12. The zero-order valence-corrected chi connectivity index (χ0v) is 20.3. The summed E-state index contributed by atoms with van der Waals surface area (Å²) in [6.45, 7) is 2.32. The number of anilines is 3. The summed E-state index contributed by atoms with van der Waals surface area (Å²) < 4.78 is 1.75. The lowest BCUT2D eigenvalue weighted by molar-refractivity contribution is -0.119. The van der Waals surface area contributed by atoms with Gasteiger partial charge in [0, 0.05) is 49.2 Å². The first-order valence-corrected chi connectivity index (χ1v) is 11.6. The number of hydrogen-bond acceptors (Lipinski definition) is 7. The molecule has 0 saturated heterocycles. The van der Waals surface area contributed by atoms with Crippen LogP contribution in [0.3, 0.4) is 0 Å². The Labute approximate surface area is 213 Å². The Balaban J connectivity index is 1.37. The molecule has 0 aliphatic heterocycles. The number of imidazole rings is 1. The van der Waals surface area contributed by atoms with E-state index in [1.54, 1.807) is 41.5 Å². The lowest BCUT2D eigenvalue weighted by atomic mass is 10.2. The summed E-state index contributed by atoms with van der Waals surface area (Å²) in [6, 6.07) is 16.5. The van der Waals surface area contributed by atoms with Crippen molar-refractivity contribution in [3.63, 3.8) is 0 Å². The Hall–Kier alpha value is -4.44. The van der Waals surface area contributed by atoms with E-state index in [0.29, 0.717) is 41.4 Å². The molecule has 4 N–H and O–H groups in total. The fourth-order valence-electron chi connectivity index (χ4n) is 3.30. The van der Waals surface area contributed by atoms with Crippen molar-refractivity contribution in [3.8, 4) is 5.82 Å². The van der Waals surface area contributed by atoms with Gasteiger partial charge in [0.25, 0.3) is 0 Å². The van der Waals surface area contributed by atoms with Gasteiger partial charge in [-0.1, -0.05) is 35.9 Å². The lowest BCUT2D eigenvalue weighted by Crippen LogP contribution is -2.29. The van der Waals surface area contributed by atoms with Gasteiger partial charge in [0.05, 0.1) is 6.54 Å². The first-order valence-electron chi connectivity index (χ1n) is 11.2. The number of hydrogen-bond donors (Lipinski definition) is 4. The Bertz CT molecular complexity index is 1330. The van der Waals surface area contributed by atoms with Crippen LogP contribution in [0.1, 0.15) is 18.1 Å². The van der Waals surface area contributed by atoms with Crippen molar-refractivity contribution in [3.05, 3.63) is 89.5 Å². The van der Waals surface area contributed by atoms with Gasteiger partial charge in [-0.2, -0.15) is 9.97 Å². The average Bonchev–Trinajstić information content (AvgIpc) is 3.41. The highest BCUT2D eigenvalue weighted by Gasteiger charge is 2.09. The second kappa shape index (κ2) is 11.8. The Morgan fingerprint density at radius 3 is 2.53 bits per heavy atom. The number of nitrogens with one attached hydrogen (secondary N) is 4. The van der Waals surface area contributed by atoms with E-state index in [9.17, 15) is 9.59 Å². The number of nitrogens with zero attached hydrogens (tertiary/aromatic N) is 4. The topological polar surface area (TPSA) is 126 Å². The molecule has 4 rings (SSSR count). The molecule has 2 aromatic carbocycles. The quantitative estimate of drug-likeness (QED) is 0.260. The van der Waals surface area contributed by atoms with E-state index in [0.717, 1.165) is 11.1 Å². The van der Waals surface area contributed by atoms with Crippen molar-refractivity contribution in [1.82, 2.24) is 24.8 Å². The fraction of sp³-hybridized carbons (Fsp3) is 0.160. The molecule has 4 aromatic rings. The molecule has 0 atom stereocenters. The van der Waals surface area contributed by atoms with Gasteiger partial charge in [-0.05, 0) is 35.4 Å². The summed E-state index contributed by atoms with van der Waals surface area (Å²) in [7, 11) is 0. The van der Waals surface area contributed by atoms with Crippen LogP contribution >= 0.6 is 11.6 Å². The molecular formula is C25H25ClN8O2. The van der Waals surface area contributed by atoms with Crippen molar-refractivity contribution in [2.45, 2.75) is 20.0 Å². The predicted octanol–water partition coefficient (Wildman–Crippen LogP) is 3.61. The third-order valence-electron chi connectivity index (χ3n) is 5.02. The van der Waals surface area contributed by atoms with Gasteiger partial charge in [-0.3, -0.25) is 14.2 Å². The average molecular weight is 505 g/mol.